The molecule has 4 heteroatoms. The number of nitrogens with zero attached hydrogens (tertiary/aromatic N) is 1. The summed E-state index contributed by atoms with van der Waals surface area (Å²) < 4.78 is 11.3. The molecular formula is C14H19NO3. The number of methoxy groups -OCH3 is 1. The third-order valence-electron chi connectivity index (χ3n) is 3.34. The number of ether oxygens (including phenoxy) is 2. The predicted octanol–water partition coefficient (Wildman–Crippen LogP) is 2.54. The molecule has 98 valence electrons. The Hall–Kier alpha value is -1.42. The van der Waals surface area contributed by atoms with Gasteiger partial charge in [-0.3, -0.25) is 4.79 Å². The van der Waals surface area contributed by atoms with Crippen LogP contribution in [0.2, 0.25) is 0 Å². The van der Waals surface area contributed by atoms with Crippen LogP contribution in [0.4, 0.5) is 0 Å². The van der Waals surface area contributed by atoms with Crippen LogP contribution in [0.3, 0.4) is 0 Å². The molecule has 1 heterocycles. The molecule has 1 aromatic rings. The van der Waals surface area contributed by atoms with Crippen molar-refractivity contribution in [1.82, 2.24) is 4.98 Å². The second kappa shape index (κ2) is 5.96. The Labute approximate surface area is 107 Å². The van der Waals surface area contributed by atoms with Gasteiger partial charge in [0.1, 0.15) is 17.5 Å². The number of rotatable bonds is 4. The van der Waals surface area contributed by atoms with E-state index in [1.54, 1.807) is 7.11 Å². The summed E-state index contributed by atoms with van der Waals surface area (Å²) in [6.07, 6.45) is 5.20. The summed E-state index contributed by atoms with van der Waals surface area (Å²) in [5.41, 5.74) is 1.21. The van der Waals surface area contributed by atoms with Gasteiger partial charge in [-0.1, -0.05) is 0 Å². The summed E-state index contributed by atoms with van der Waals surface area (Å²) in [5, 5.41) is 0. The van der Waals surface area contributed by atoms with Crippen LogP contribution >= 0.6 is 0 Å². The zero-order chi connectivity index (χ0) is 13.0. The van der Waals surface area contributed by atoms with Crippen LogP contribution in [-0.4, -0.2) is 30.6 Å². The van der Waals surface area contributed by atoms with Crippen LogP contribution in [0, 0.1) is 6.92 Å². The minimum Gasteiger partial charge on any atom is -0.488 e. The third kappa shape index (κ3) is 3.07. The summed E-state index contributed by atoms with van der Waals surface area (Å²) >= 11 is 0. The van der Waals surface area contributed by atoms with E-state index in [1.807, 2.05) is 19.1 Å². The van der Waals surface area contributed by atoms with Crippen molar-refractivity contribution >= 4 is 6.29 Å². The average molecular weight is 249 g/mol. The summed E-state index contributed by atoms with van der Waals surface area (Å²) in [5.74, 6) is 0.581. The van der Waals surface area contributed by atoms with Crippen molar-refractivity contribution in [1.29, 1.82) is 0 Å². The van der Waals surface area contributed by atoms with Gasteiger partial charge in [0.15, 0.2) is 6.29 Å². The van der Waals surface area contributed by atoms with Gasteiger partial charge < -0.3 is 9.47 Å². The van der Waals surface area contributed by atoms with Crippen LogP contribution in [-0.2, 0) is 4.74 Å². The van der Waals surface area contributed by atoms with Gasteiger partial charge in [0, 0.05) is 19.2 Å². The Morgan fingerprint density at radius 1 is 1.33 bits per heavy atom. The molecule has 0 aliphatic heterocycles. The molecule has 0 N–H and O–H groups in total. The second-order valence-corrected chi connectivity index (χ2v) is 4.72. The summed E-state index contributed by atoms with van der Waals surface area (Å²) in [7, 11) is 1.73. The quantitative estimate of drug-likeness (QED) is 0.769. The van der Waals surface area contributed by atoms with Crippen molar-refractivity contribution in [2.24, 2.45) is 0 Å². The monoisotopic (exact) mass is 249 g/mol. The maximum atomic E-state index is 11.0. The van der Waals surface area contributed by atoms with Crippen LogP contribution < -0.4 is 4.74 Å². The topological polar surface area (TPSA) is 48.4 Å². The highest BCUT2D eigenvalue weighted by Crippen LogP contribution is 2.26. The number of hydrogen-bond donors (Lipinski definition) is 0. The molecular weight excluding hydrogens is 230 g/mol. The maximum Gasteiger partial charge on any atom is 0.172 e. The molecule has 0 amide bonds. The van der Waals surface area contributed by atoms with Gasteiger partial charge in [-0.05, 0) is 38.3 Å². The lowest BCUT2D eigenvalue weighted by Crippen LogP contribution is -2.29. The Balaban J connectivity index is 2.06. The molecule has 1 aliphatic rings. The van der Waals surface area contributed by atoms with E-state index in [9.17, 15) is 4.79 Å². The van der Waals surface area contributed by atoms with Gasteiger partial charge in [0.05, 0.1) is 6.10 Å². The van der Waals surface area contributed by atoms with Crippen LogP contribution in [0.1, 0.15) is 41.9 Å². The number of carbonyl (C=O) groups is 1. The lowest BCUT2D eigenvalue weighted by Gasteiger charge is -2.28. The third-order valence-corrected chi connectivity index (χ3v) is 3.34. The number of aldehydes is 1. The number of pyridine rings is 1. The van der Waals surface area contributed by atoms with E-state index in [1.165, 1.54) is 0 Å². The van der Waals surface area contributed by atoms with Gasteiger partial charge in [0.25, 0.3) is 0 Å². The summed E-state index contributed by atoms with van der Waals surface area (Å²) in [6.45, 7) is 1.86. The Morgan fingerprint density at radius 3 is 2.83 bits per heavy atom. The minimum absolute atomic E-state index is 0.118. The van der Waals surface area contributed by atoms with E-state index < -0.39 is 0 Å². The fourth-order valence-electron chi connectivity index (χ4n) is 2.35. The van der Waals surface area contributed by atoms with E-state index in [2.05, 4.69) is 4.98 Å². The Kier molecular flexibility index (Phi) is 4.31. The average Bonchev–Trinajstić information content (AvgIpc) is 2.41. The van der Waals surface area contributed by atoms with Crippen molar-refractivity contribution in [3.8, 4) is 5.75 Å². The molecule has 1 aliphatic carbocycles. The SMILES string of the molecule is COC1CCCC(Oc2ccc(C)nc2C=O)C1. The number of aryl methyl sites for hydroxylation is 1. The number of hydrogen-bond acceptors (Lipinski definition) is 4. The van der Waals surface area contributed by atoms with E-state index in [4.69, 9.17) is 9.47 Å². The molecule has 2 rings (SSSR count). The van der Waals surface area contributed by atoms with Gasteiger partial charge in [0.2, 0.25) is 0 Å². The van der Waals surface area contributed by atoms with Crippen molar-refractivity contribution in [3.63, 3.8) is 0 Å². The molecule has 0 aromatic carbocycles. The molecule has 0 spiro atoms. The number of carbonyl (C=O) groups excluding carboxylic acids is 1. The molecule has 0 bridgehead atoms. The zero-order valence-corrected chi connectivity index (χ0v) is 10.9. The molecule has 2 atom stereocenters. The summed E-state index contributed by atoms with van der Waals surface area (Å²) in [6, 6.07) is 3.68. The van der Waals surface area contributed by atoms with Crippen molar-refractivity contribution in [2.45, 2.75) is 44.8 Å². The fourth-order valence-corrected chi connectivity index (χ4v) is 2.35. The van der Waals surface area contributed by atoms with Gasteiger partial charge in [-0.2, -0.15) is 0 Å². The molecule has 1 saturated carbocycles. The first kappa shape index (κ1) is 13.0. The zero-order valence-electron chi connectivity index (χ0n) is 10.9. The minimum atomic E-state index is 0.118. The van der Waals surface area contributed by atoms with Crippen molar-refractivity contribution in [3.05, 3.63) is 23.5 Å². The van der Waals surface area contributed by atoms with Gasteiger partial charge in [-0.25, -0.2) is 4.98 Å². The largest absolute Gasteiger partial charge is 0.488 e. The first-order valence-electron chi connectivity index (χ1n) is 6.35. The molecule has 0 radical (unpaired) electrons. The van der Waals surface area contributed by atoms with E-state index >= 15 is 0 Å². The highest BCUT2D eigenvalue weighted by atomic mass is 16.5. The maximum absolute atomic E-state index is 11.0. The second-order valence-electron chi connectivity index (χ2n) is 4.72. The molecule has 1 fully saturated rings. The molecule has 2 unspecified atom stereocenters. The summed E-state index contributed by atoms with van der Waals surface area (Å²) in [4.78, 5) is 15.1. The molecule has 4 nitrogen and oxygen atoms in total. The van der Waals surface area contributed by atoms with Crippen LogP contribution in [0.5, 0.6) is 5.75 Å². The van der Waals surface area contributed by atoms with Crippen molar-refractivity contribution < 1.29 is 14.3 Å². The first-order chi connectivity index (χ1) is 8.72. The molecule has 0 saturated heterocycles. The van der Waals surface area contributed by atoms with Gasteiger partial charge >= 0.3 is 0 Å². The van der Waals surface area contributed by atoms with Gasteiger partial charge in [-0.15, -0.1) is 0 Å². The molecule has 18 heavy (non-hydrogen) atoms. The normalized spacial score (nSPS) is 23.7. The number of aromatic nitrogens is 1. The first-order valence-corrected chi connectivity index (χ1v) is 6.35. The highest BCUT2D eigenvalue weighted by Gasteiger charge is 2.23. The van der Waals surface area contributed by atoms with Crippen LogP contribution in [0.25, 0.3) is 0 Å². The predicted molar refractivity (Wildman–Crippen MR) is 68.0 cm³/mol. The van der Waals surface area contributed by atoms with E-state index in [0.29, 0.717) is 11.4 Å². The van der Waals surface area contributed by atoms with E-state index in [0.717, 1.165) is 37.7 Å². The van der Waals surface area contributed by atoms with Crippen LogP contribution in [0.15, 0.2) is 12.1 Å². The van der Waals surface area contributed by atoms with Crippen molar-refractivity contribution in [2.75, 3.05) is 7.11 Å². The molecule has 1 aromatic heterocycles. The lowest BCUT2D eigenvalue weighted by atomic mass is 9.95. The lowest BCUT2D eigenvalue weighted by molar-refractivity contribution is 0.0206. The Bertz CT molecular complexity index is 420. The standard InChI is InChI=1S/C14H19NO3/c1-10-6-7-14(13(9-16)15-10)18-12-5-3-4-11(8-12)17-2/h6-7,9,11-12H,3-5,8H2,1-2H3. The highest BCUT2D eigenvalue weighted by molar-refractivity contribution is 5.76. The fraction of sp³-hybridized carbons (Fsp3) is 0.571. The smallest absolute Gasteiger partial charge is 0.172 e. The van der Waals surface area contributed by atoms with E-state index in [-0.39, 0.29) is 12.2 Å². The Morgan fingerprint density at radius 2 is 2.11 bits per heavy atom.